The Kier molecular flexibility index (Phi) is 3.64. The Balaban J connectivity index is 1.73. The van der Waals surface area contributed by atoms with Crippen molar-refractivity contribution in [2.75, 3.05) is 12.4 Å². The zero-order valence-electron chi connectivity index (χ0n) is 12.4. The van der Waals surface area contributed by atoms with Crippen LogP contribution >= 0.6 is 0 Å². The van der Waals surface area contributed by atoms with E-state index in [2.05, 4.69) is 16.4 Å². The van der Waals surface area contributed by atoms with Crippen LogP contribution in [0.5, 0.6) is 0 Å². The van der Waals surface area contributed by atoms with Gasteiger partial charge in [-0.2, -0.15) is 0 Å². The van der Waals surface area contributed by atoms with Crippen LogP contribution in [0.1, 0.15) is 25.0 Å². The molecule has 0 saturated heterocycles. The first kappa shape index (κ1) is 14.0. The average Bonchev–Trinajstić information content (AvgIpc) is 3.29. The molecule has 0 aromatic carbocycles. The molecule has 2 aliphatic rings. The number of anilines is 1. The molecule has 21 heavy (non-hydrogen) atoms. The molecule has 1 aromatic heterocycles. The number of ether oxygens (including phenoxy) is 1. The third-order valence-electron chi connectivity index (χ3n) is 4.23. The van der Waals surface area contributed by atoms with Crippen molar-refractivity contribution in [3.05, 3.63) is 47.7 Å². The molecule has 1 atom stereocenters. The number of hydrogen-bond donors (Lipinski definition) is 1. The second-order valence-corrected chi connectivity index (χ2v) is 5.73. The van der Waals surface area contributed by atoms with Gasteiger partial charge in [-0.15, -0.1) is 0 Å². The summed E-state index contributed by atoms with van der Waals surface area (Å²) >= 11 is 0. The fourth-order valence-corrected chi connectivity index (χ4v) is 2.75. The molecule has 1 N–H and O–H groups in total. The molecule has 1 unspecified atom stereocenters. The Bertz CT molecular complexity index is 615. The van der Waals surface area contributed by atoms with Crippen LogP contribution in [0.25, 0.3) is 0 Å². The van der Waals surface area contributed by atoms with E-state index in [0.717, 1.165) is 30.5 Å². The predicted molar refractivity (Wildman–Crippen MR) is 81.9 cm³/mol. The van der Waals surface area contributed by atoms with Gasteiger partial charge < -0.3 is 10.1 Å². The fraction of sp³-hybridized carbons (Fsp3) is 0.412. The molecule has 1 fully saturated rings. The van der Waals surface area contributed by atoms with Gasteiger partial charge >= 0.3 is 0 Å². The van der Waals surface area contributed by atoms with Crippen LogP contribution in [0.3, 0.4) is 0 Å². The van der Waals surface area contributed by atoms with Crippen molar-refractivity contribution in [2.24, 2.45) is 5.41 Å². The van der Waals surface area contributed by atoms with E-state index in [1.54, 1.807) is 7.11 Å². The van der Waals surface area contributed by atoms with Crippen LogP contribution in [0, 0.1) is 12.3 Å². The van der Waals surface area contributed by atoms with Crippen LogP contribution in [0.15, 0.2) is 42.0 Å². The molecular weight excluding hydrogens is 264 g/mol. The van der Waals surface area contributed by atoms with E-state index in [1.807, 2.05) is 37.3 Å². The van der Waals surface area contributed by atoms with Gasteiger partial charge in [-0.05, 0) is 43.9 Å². The first-order chi connectivity index (χ1) is 10.1. The van der Waals surface area contributed by atoms with E-state index >= 15 is 0 Å². The van der Waals surface area contributed by atoms with Gasteiger partial charge in [0.1, 0.15) is 5.82 Å². The maximum atomic E-state index is 12.6. The Morgan fingerprint density at radius 1 is 1.43 bits per heavy atom. The van der Waals surface area contributed by atoms with E-state index in [1.165, 1.54) is 0 Å². The van der Waals surface area contributed by atoms with Crippen molar-refractivity contribution < 1.29 is 9.53 Å². The Hall–Kier alpha value is -1.94. The summed E-state index contributed by atoms with van der Waals surface area (Å²) < 4.78 is 5.30. The highest BCUT2D eigenvalue weighted by Gasteiger charge is 2.52. The number of rotatable bonds is 4. The van der Waals surface area contributed by atoms with Crippen molar-refractivity contribution in [1.29, 1.82) is 0 Å². The highest BCUT2D eigenvalue weighted by Crippen LogP contribution is 2.53. The third-order valence-corrected chi connectivity index (χ3v) is 4.23. The molecular formula is C17H20N2O2. The minimum Gasteiger partial charge on any atom is -0.377 e. The lowest BCUT2D eigenvalue weighted by Crippen LogP contribution is -2.27. The van der Waals surface area contributed by atoms with Crippen LogP contribution < -0.4 is 5.32 Å². The lowest BCUT2D eigenvalue weighted by atomic mass is 9.89. The molecule has 4 heteroatoms. The molecule has 0 aliphatic heterocycles. The molecule has 0 spiro atoms. The number of nitrogens with zero attached hydrogens (tertiary/aromatic N) is 1. The maximum absolute atomic E-state index is 12.6. The Labute approximate surface area is 124 Å². The summed E-state index contributed by atoms with van der Waals surface area (Å²) in [5.74, 6) is 0.675. The minimum absolute atomic E-state index is 0.0485. The zero-order valence-corrected chi connectivity index (χ0v) is 12.4. The number of nitrogens with one attached hydrogen (secondary N) is 1. The molecule has 3 rings (SSSR count). The quantitative estimate of drug-likeness (QED) is 0.924. The van der Waals surface area contributed by atoms with Crippen LogP contribution in [0.2, 0.25) is 0 Å². The summed E-state index contributed by atoms with van der Waals surface area (Å²) in [7, 11) is 1.71. The molecule has 0 radical (unpaired) electrons. The zero-order chi connectivity index (χ0) is 14.9. The van der Waals surface area contributed by atoms with Crippen molar-refractivity contribution in [3.8, 4) is 0 Å². The Morgan fingerprint density at radius 2 is 2.24 bits per heavy atom. The van der Waals surface area contributed by atoms with Gasteiger partial charge in [0, 0.05) is 12.8 Å². The van der Waals surface area contributed by atoms with Crippen molar-refractivity contribution in [1.82, 2.24) is 4.98 Å². The summed E-state index contributed by atoms with van der Waals surface area (Å²) in [6, 6.07) is 5.65. The van der Waals surface area contributed by atoms with Crippen LogP contribution in [-0.4, -0.2) is 24.1 Å². The number of carbonyl (C=O) groups excluding carboxylic acids is 1. The average molecular weight is 284 g/mol. The number of allylic oxidation sites excluding steroid dienone is 1. The molecule has 1 saturated carbocycles. The lowest BCUT2D eigenvalue weighted by Gasteiger charge is -2.21. The van der Waals surface area contributed by atoms with E-state index in [-0.39, 0.29) is 17.4 Å². The second-order valence-electron chi connectivity index (χ2n) is 5.73. The number of amides is 1. The summed E-state index contributed by atoms with van der Waals surface area (Å²) in [5.41, 5.74) is 1.65. The summed E-state index contributed by atoms with van der Waals surface area (Å²) in [4.78, 5) is 16.9. The van der Waals surface area contributed by atoms with E-state index in [0.29, 0.717) is 5.82 Å². The van der Waals surface area contributed by atoms with E-state index in [9.17, 15) is 4.79 Å². The maximum Gasteiger partial charge on any atom is 0.236 e. The normalized spacial score (nSPS) is 22.6. The topological polar surface area (TPSA) is 51.2 Å². The van der Waals surface area contributed by atoms with E-state index in [4.69, 9.17) is 4.74 Å². The van der Waals surface area contributed by atoms with Gasteiger partial charge in [-0.3, -0.25) is 4.79 Å². The molecule has 2 aliphatic carbocycles. The van der Waals surface area contributed by atoms with Gasteiger partial charge in [0.25, 0.3) is 0 Å². The molecule has 0 bridgehead atoms. The summed E-state index contributed by atoms with van der Waals surface area (Å²) in [6.45, 7) is 1.92. The van der Waals surface area contributed by atoms with Gasteiger partial charge in [-0.1, -0.05) is 24.3 Å². The van der Waals surface area contributed by atoms with Gasteiger partial charge in [0.15, 0.2) is 0 Å². The molecule has 1 heterocycles. The molecule has 1 aromatic rings. The molecule has 4 nitrogen and oxygen atoms in total. The number of aromatic nitrogens is 1. The first-order valence-electron chi connectivity index (χ1n) is 7.31. The number of hydrogen-bond acceptors (Lipinski definition) is 3. The third kappa shape index (κ3) is 2.76. The van der Waals surface area contributed by atoms with Crippen LogP contribution in [-0.2, 0) is 9.53 Å². The highest BCUT2D eigenvalue weighted by molar-refractivity contribution is 5.99. The van der Waals surface area contributed by atoms with Crippen LogP contribution in [0.4, 0.5) is 5.82 Å². The van der Waals surface area contributed by atoms with Gasteiger partial charge in [-0.25, -0.2) is 4.98 Å². The summed E-state index contributed by atoms with van der Waals surface area (Å²) in [5, 5.41) is 2.95. The van der Waals surface area contributed by atoms with Gasteiger partial charge in [0.2, 0.25) is 5.91 Å². The molecule has 110 valence electrons. The lowest BCUT2D eigenvalue weighted by molar-refractivity contribution is -0.119. The number of carbonyl (C=O) groups is 1. The van der Waals surface area contributed by atoms with Crippen molar-refractivity contribution >= 4 is 11.7 Å². The fourth-order valence-electron chi connectivity index (χ4n) is 2.75. The largest absolute Gasteiger partial charge is 0.377 e. The SMILES string of the molecule is COC1C=CC(C2(C(=O)Nc3cccc(C)n3)CC2)=CC1. The van der Waals surface area contributed by atoms with E-state index < -0.39 is 0 Å². The summed E-state index contributed by atoms with van der Waals surface area (Å²) in [6.07, 6.45) is 8.97. The smallest absolute Gasteiger partial charge is 0.236 e. The Morgan fingerprint density at radius 3 is 2.81 bits per heavy atom. The highest BCUT2D eigenvalue weighted by atomic mass is 16.5. The molecule has 1 amide bonds. The monoisotopic (exact) mass is 284 g/mol. The predicted octanol–water partition coefficient (Wildman–Crippen LogP) is 3.01. The van der Waals surface area contributed by atoms with Crippen molar-refractivity contribution in [3.63, 3.8) is 0 Å². The first-order valence-corrected chi connectivity index (χ1v) is 7.31. The second kappa shape index (κ2) is 5.45. The number of aryl methyl sites for hydroxylation is 1. The number of pyridine rings is 1. The standard InChI is InChI=1S/C17H20N2O2/c1-12-4-3-5-15(18-12)19-16(20)17(10-11-17)13-6-8-14(21-2)9-7-13/h3-8,14H,9-11H2,1-2H3,(H,18,19,20). The van der Waals surface area contributed by atoms with Gasteiger partial charge in [0.05, 0.1) is 11.5 Å². The van der Waals surface area contributed by atoms with Crippen molar-refractivity contribution in [2.45, 2.75) is 32.3 Å². The number of methoxy groups -OCH3 is 1. The minimum atomic E-state index is -0.360.